The van der Waals surface area contributed by atoms with Gasteiger partial charge in [0.1, 0.15) is 12.3 Å². The number of benzene rings is 3. The number of hydrogen-bond donors (Lipinski definition) is 1. The second-order valence-electron chi connectivity index (χ2n) is 11.6. The van der Waals surface area contributed by atoms with Gasteiger partial charge in [-0.25, -0.2) is 8.97 Å². The molecule has 3 aromatic rings. The molecule has 44 heavy (non-hydrogen) atoms. The maximum Gasteiger partial charge on any atom is 0.534 e. The molecule has 0 radical (unpaired) electrons. The highest BCUT2D eigenvalue weighted by Gasteiger charge is 2.50. The molecule has 0 aromatic heterocycles. The zero-order valence-electron chi connectivity index (χ0n) is 24.2. The Morgan fingerprint density at radius 2 is 1.82 bits per heavy atom. The first-order chi connectivity index (χ1) is 20.4. The van der Waals surface area contributed by atoms with Crippen molar-refractivity contribution in [3.63, 3.8) is 0 Å². The summed E-state index contributed by atoms with van der Waals surface area (Å²) in [6.07, 6.45) is 1.01. The number of hydrogen-bond acceptors (Lipinski definition) is 5. The van der Waals surface area contributed by atoms with Gasteiger partial charge in [-0.15, -0.1) is 0 Å². The molecule has 5 rings (SSSR count). The topological polar surface area (TPSA) is 92.9 Å². The van der Waals surface area contributed by atoms with E-state index in [0.717, 1.165) is 17.5 Å². The summed E-state index contributed by atoms with van der Waals surface area (Å²) in [7, 11) is -6.40. The highest BCUT2D eigenvalue weighted by Crippen LogP contribution is 2.44. The number of halogens is 5. The number of carboxylic acid groups (broad SMARTS) is 1. The lowest BCUT2D eigenvalue weighted by atomic mass is 9.81. The van der Waals surface area contributed by atoms with Crippen LogP contribution >= 0.6 is 0 Å². The van der Waals surface area contributed by atoms with E-state index in [9.17, 15) is 31.5 Å². The van der Waals surface area contributed by atoms with Crippen LogP contribution in [0.25, 0.3) is 5.57 Å². The SMILES string of the molecule is Cc1ccccc1C1=c2cc3c(cc2Oc2c1cc(F)c(OS(=O)(=O)C(F)(F)F)c2F)=[N+](CCCC(=O)O)C(C)(C)CC3C. The Hall–Kier alpha value is -4.00. The van der Waals surface area contributed by atoms with Crippen molar-refractivity contribution in [3.8, 4) is 17.2 Å². The second kappa shape index (κ2) is 10.9. The molecule has 7 nitrogen and oxygen atoms in total. The zero-order chi connectivity index (χ0) is 32.4. The normalized spacial score (nSPS) is 17.3. The number of alkyl halides is 3. The first kappa shape index (κ1) is 31.4. The maximum atomic E-state index is 15.9. The Labute approximate surface area is 250 Å². The van der Waals surface area contributed by atoms with Crippen molar-refractivity contribution in [1.82, 2.24) is 4.58 Å². The fourth-order valence-electron chi connectivity index (χ4n) is 6.10. The first-order valence-electron chi connectivity index (χ1n) is 13.7. The highest BCUT2D eigenvalue weighted by atomic mass is 32.2. The van der Waals surface area contributed by atoms with Crippen molar-refractivity contribution in [2.75, 3.05) is 6.54 Å². The van der Waals surface area contributed by atoms with Gasteiger partial charge in [0.15, 0.2) is 17.1 Å². The van der Waals surface area contributed by atoms with Gasteiger partial charge in [-0.2, -0.15) is 26.0 Å². The van der Waals surface area contributed by atoms with Gasteiger partial charge in [-0.3, -0.25) is 4.79 Å². The van der Waals surface area contributed by atoms with E-state index in [-0.39, 0.29) is 23.7 Å². The van der Waals surface area contributed by atoms with Gasteiger partial charge in [-0.05, 0) is 49.9 Å². The third-order valence-corrected chi connectivity index (χ3v) is 8.99. The van der Waals surface area contributed by atoms with Crippen molar-refractivity contribution in [3.05, 3.63) is 86.9 Å². The highest BCUT2D eigenvalue weighted by molar-refractivity contribution is 7.88. The number of ether oxygens (including phenoxy) is 1. The van der Waals surface area contributed by atoms with Crippen molar-refractivity contribution < 1.29 is 49.2 Å². The van der Waals surface area contributed by atoms with Crippen molar-refractivity contribution in [2.24, 2.45) is 0 Å². The van der Waals surface area contributed by atoms with Crippen LogP contribution in [0.5, 0.6) is 17.2 Å². The van der Waals surface area contributed by atoms with Gasteiger partial charge in [0.2, 0.25) is 16.9 Å². The maximum absolute atomic E-state index is 15.9. The molecule has 0 saturated heterocycles. The fraction of sp³-hybridized carbons (Fsp3) is 0.355. The molecule has 0 saturated carbocycles. The summed E-state index contributed by atoms with van der Waals surface area (Å²) in [5, 5.41) is 10.4. The monoisotopic (exact) mass is 638 g/mol. The molecule has 3 aromatic carbocycles. The number of carboxylic acids is 1. The number of carbonyl (C=O) groups is 1. The van der Waals surface area contributed by atoms with E-state index < -0.39 is 50.3 Å². The van der Waals surface area contributed by atoms with Crippen LogP contribution in [0.3, 0.4) is 0 Å². The lowest BCUT2D eigenvalue weighted by Gasteiger charge is -2.32. The van der Waals surface area contributed by atoms with Gasteiger partial charge < -0.3 is 14.0 Å². The minimum atomic E-state index is -6.40. The van der Waals surface area contributed by atoms with E-state index in [1.54, 1.807) is 37.3 Å². The van der Waals surface area contributed by atoms with Crippen molar-refractivity contribution >= 4 is 21.7 Å². The molecule has 0 spiro atoms. The predicted octanol–water partition coefficient (Wildman–Crippen LogP) is 5.50. The summed E-state index contributed by atoms with van der Waals surface area (Å²) >= 11 is 0. The van der Waals surface area contributed by atoms with Crippen LogP contribution in [0.2, 0.25) is 0 Å². The molecule has 2 aliphatic rings. The Kier molecular flexibility index (Phi) is 7.76. The Morgan fingerprint density at radius 3 is 2.45 bits per heavy atom. The lowest BCUT2D eigenvalue weighted by Crippen LogP contribution is -2.53. The van der Waals surface area contributed by atoms with E-state index in [2.05, 4.69) is 4.18 Å². The summed E-state index contributed by atoms with van der Waals surface area (Å²) in [4.78, 5) is 11.2. The molecule has 1 atom stereocenters. The van der Waals surface area contributed by atoms with E-state index in [4.69, 9.17) is 4.74 Å². The van der Waals surface area contributed by atoms with Crippen LogP contribution in [0.1, 0.15) is 68.2 Å². The third kappa shape index (κ3) is 5.42. The first-order valence-corrected chi connectivity index (χ1v) is 15.2. The van der Waals surface area contributed by atoms with Crippen LogP contribution in [0, 0.1) is 18.6 Å². The van der Waals surface area contributed by atoms with E-state index in [0.29, 0.717) is 40.7 Å². The minimum absolute atomic E-state index is 0.0253. The summed E-state index contributed by atoms with van der Waals surface area (Å²) < 4.78 is 105. The average molecular weight is 639 g/mol. The molecule has 234 valence electrons. The molecular formula is C31H29F5NO6S+. The summed E-state index contributed by atoms with van der Waals surface area (Å²) in [5.74, 6) is -6.71. The molecular weight excluding hydrogens is 609 g/mol. The molecule has 1 unspecified atom stereocenters. The van der Waals surface area contributed by atoms with Gasteiger partial charge in [0.25, 0.3) is 0 Å². The van der Waals surface area contributed by atoms with Gasteiger partial charge in [0.05, 0.1) is 12.5 Å². The van der Waals surface area contributed by atoms with E-state index >= 15 is 8.78 Å². The van der Waals surface area contributed by atoms with Crippen LogP contribution in [0.15, 0.2) is 42.5 Å². The Bertz CT molecular complexity index is 1940. The standard InChI is InChI=1S/C31H28F5NO6S/c1-16-8-5-6-9-18(16)26-20-12-19-17(2)15-30(3,4)37(11-7-10-25(38)39)23(19)14-24(20)42-28-21(26)13-22(32)29(27(28)33)43-44(40,41)31(34,35)36/h5-6,8-9,12-14,17H,7,10-11,15H2,1-4H3/p+1. The molecule has 0 aliphatic carbocycles. The summed E-state index contributed by atoms with van der Waals surface area (Å²) in [6.45, 7) is 8.24. The van der Waals surface area contributed by atoms with E-state index in [1.807, 2.05) is 31.4 Å². The smallest absolute Gasteiger partial charge is 0.481 e. The lowest BCUT2D eigenvalue weighted by molar-refractivity contribution is -0.137. The number of fused-ring (bicyclic) bond motifs is 3. The van der Waals surface area contributed by atoms with Gasteiger partial charge in [-0.1, -0.05) is 31.2 Å². The zero-order valence-corrected chi connectivity index (χ0v) is 25.0. The van der Waals surface area contributed by atoms with Crippen LogP contribution in [-0.4, -0.2) is 37.1 Å². The molecule has 0 fully saturated rings. The Balaban J connectivity index is 1.84. The minimum Gasteiger partial charge on any atom is -0.481 e. The third-order valence-electron chi connectivity index (χ3n) is 8.03. The molecule has 0 bridgehead atoms. The fourth-order valence-corrected chi connectivity index (χ4v) is 6.57. The molecule has 0 amide bonds. The number of aliphatic carboxylic acids is 1. The molecule has 2 aliphatic heterocycles. The number of rotatable bonds is 7. The van der Waals surface area contributed by atoms with Crippen molar-refractivity contribution in [1.29, 1.82) is 0 Å². The molecule has 1 N–H and O–H groups in total. The molecule has 13 heteroatoms. The van der Waals surface area contributed by atoms with Gasteiger partial charge >= 0.3 is 21.6 Å². The second-order valence-corrected chi connectivity index (χ2v) is 13.2. The van der Waals surface area contributed by atoms with Crippen LogP contribution in [-0.2, 0) is 14.9 Å². The van der Waals surface area contributed by atoms with Crippen LogP contribution in [0.4, 0.5) is 22.0 Å². The average Bonchev–Trinajstić information content (AvgIpc) is 2.91. The predicted molar refractivity (Wildman–Crippen MR) is 151 cm³/mol. The largest absolute Gasteiger partial charge is 0.534 e. The van der Waals surface area contributed by atoms with E-state index in [1.165, 1.54) is 0 Å². The van der Waals surface area contributed by atoms with Gasteiger partial charge in [0, 0.05) is 34.8 Å². The van der Waals surface area contributed by atoms with Crippen molar-refractivity contribution in [2.45, 2.75) is 63.9 Å². The number of nitrogens with zero attached hydrogens (tertiary/aromatic N) is 1. The number of aryl methyl sites for hydroxylation is 1. The van der Waals surface area contributed by atoms with Crippen LogP contribution < -0.4 is 24.1 Å². The quantitative estimate of drug-likeness (QED) is 0.125. The summed E-state index contributed by atoms with van der Waals surface area (Å²) in [6, 6.07) is 11.2. The summed E-state index contributed by atoms with van der Waals surface area (Å²) in [5.41, 5.74) is -3.95. The Morgan fingerprint density at radius 1 is 1.14 bits per heavy atom. The molecule has 2 heterocycles.